The van der Waals surface area contributed by atoms with Crippen LogP contribution < -0.4 is 10.5 Å². The van der Waals surface area contributed by atoms with Crippen molar-refractivity contribution in [2.75, 3.05) is 17.6 Å². The number of sulfonamides is 1. The lowest BCUT2D eigenvalue weighted by Gasteiger charge is -2.06. The molecular formula is C9H12N4O2S. The monoisotopic (exact) mass is 240 g/mol. The van der Waals surface area contributed by atoms with E-state index >= 15 is 0 Å². The van der Waals surface area contributed by atoms with Crippen LogP contribution in [0.5, 0.6) is 0 Å². The van der Waals surface area contributed by atoms with Crippen LogP contribution in [-0.2, 0) is 10.0 Å². The summed E-state index contributed by atoms with van der Waals surface area (Å²) >= 11 is 0. The summed E-state index contributed by atoms with van der Waals surface area (Å²) in [5, 5.41) is 16.4. The molecule has 0 aliphatic carbocycles. The van der Waals surface area contributed by atoms with Crippen molar-refractivity contribution in [2.45, 2.75) is 6.92 Å². The maximum atomic E-state index is 10.7. The molecule has 0 aliphatic rings. The van der Waals surface area contributed by atoms with Gasteiger partial charge >= 0.3 is 0 Å². The van der Waals surface area contributed by atoms with E-state index in [1.807, 2.05) is 6.07 Å². The number of aromatic nitrogens is 1. The van der Waals surface area contributed by atoms with Gasteiger partial charge in [0.1, 0.15) is 11.9 Å². The van der Waals surface area contributed by atoms with Crippen LogP contribution in [-0.4, -0.2) is 25.7 Å². The zero-order valence-electron chi connectivity index (χ0n) is 8.77. The number of nitrogens with one attached hydrogen (secondary N) is 1. The highest BCUT2D eigenvalue weighted by Crippen LogP contribution is 2.11. The summed E-state index contributed by atoms with van der Waals surface area (Å²) in [6, 6.07) is 5.30. The molecule has 1 heterocycles. The lowest BCUT2D eigenvalue weighted by molar-refractivity contribution is 0.598. The zero-order chi connectivity index (χ0) is 12.2. The first-order chi connectivity index (χ1) is 7.42. The first-order valence-electron chi connectivity index (χ1n) is 4.54. The third kappa shape index (κ3) is 3.84. The number of pyridine rings is 1. The average Bonchev–Trinajstić information content (AvgIpc) is 2.16. The third-order valence-corrected chi connectivity index (χ3v) is 2.61. The highest BCUT2D eigenvalue weighted by molar-refractivity contribution is 7.89. The summed E-state index contributed by atoms with van der Waals surface area (Å²) in [5.74, 6) is 0.180. The fraction of sp³-hybridized carbons (Fsp3) is 0.333. The van der Waals surface area contributed by atoms with Crippen LogP contribution in [0.25, 0.3) is 0 Å². The Morgan fingerprint density at radius 2 is 2.25 bits per heavy atom. The maximum Gasteiger partial charge on any atom is 0.210 e. The number of nitriles is 1. The van der Waals surface area contributed by atoms with E-state index in [-0.39, 0.29) is 12.3 Å². The van der Waals surface area contributed by atoms with Crippen LogP contribution >= 0.6 is 0 Å². The number of rotatable bonds is 4. The van der Waals surface area contributed by atoms with Crippen molar-refractivity contribution in [3.63, 3.8) is 0 Å². The molecule has 0 radical (unpaired) electrons. The Morgan fingerprint density at radius 1 is 1.56 bits per heavy atom. The van der Waals surface area contributed by atoms with Gasteiger partial charge < -0.3 is 5.32 Å². The Morgan fingerprint density at radius 3 is 2.81 bits per heavy atom. The Kier molecular flexibility index (Phi) is 3.82. The fourth-order valence-electron chi connectivity index (χ4n) is 1.09. The minimum atomic E-state index is -3.50. The van der Waals surface area contributed by atoms with Gasteiger partial charge in [-0.2, -0.15) is 5.26 Å². The Bertz CT molecular complexity index is 519. The minimum absolute atomic E-state index is 0.129. The van der Waals surface area contributed by atoms with Crippen LogP contribution in [0.4, 0.5) is 5.82 Å². The molecular weight excluding hydrogens is 228 g/mol. The van der Waals surface area contributed by atoms with E-state index in [1.54, 1.807) is 19.1 Å². The van der Waals surface area contributed by atoms with Gasteiger partial charge in [-0.25, -0.2) is 18.5 Å². The van der Waals surface area contributed by atoms with E-state index in [1.165, 1.54) is 0 Å². The van der Waals surface area contributed by atoms with Gasteiger partial charge in [0.2, 0.25) is 10.0 Å². The van der Waals surface area contributed by atoms with Crippen LogP contribution in [0.2, 0.25) is 0 Å². The number of nitrogens with two attached hydrogens (primary N) is 1. The normalized spacial score (nSPS) is 10.8. The second kappa shape index (κ2) is 4.92. The molecule has 6 nitrogen and oxygen atoms in total. The molecule has 0 aliphatic heterocycles. The summed E-state index contributed by atoms with van der Waals surface area (Å²) in [7, 11) is -3.50. The number of primary sulfonamides is 1. The summed E-state index contributed by atoms with van der Waals surface area (Å²) in [6.45, 7) is 1.91. The van der Waals surface area contributed by atoms with Gasteiger partial charge in [0, 0.05) is 12.2 Å². The minimum Gasteiger partial charge on any atom is -0.368 e. The Balaban J connectivity index is 2.74. The molecule has 1 aromatic heterocycles. The molecule has 0 spiro atoms. The summed E-state index contributed by atoms with van der Waals surface area (Å²) in [5.41, 5.74) is 1.12. The van der Waals surface area contributed by atoms with E-state index < -0.39 is 10.0 Å². The average molecular weight is 240 g/mol. The SMILES string of the molecule is Cc1ccc(C#N)c(NCCS(N)(=O)=O)n1. The molecule has 0 fully saturated rings. The number of anilines is 1. The molecule has 0 bridgehead atoms. The number of nitrogens with zero attached hydrogens (tertiary/aromatic N) is 2. The van der Waals surface area contributed by atoms with Gasteiger partial charge in [-0.1, -0.05) is 0 Å². The van der Waals surface area contributed by atoms with Crippen LogP contribution in [0.15, 0.2) is 12.1 Å². The molecule has 0 aromatic carbocycles. The maximum absolute atomic E-state index is 10.7. The lowest BCUT2D eigenvalue weighted by Crippen LogP contribution is -2.22. The second-order valence-electron chi connectivity index (χ2n) is 3.25. The first kappa shape index (κ1) is 12.4. The summed E-state index contributed by atoms with van der Waals surface area (Å²) in [4.78, 5) is 4.09. The molecule has 16 heavy (non-hydrogen) atoms. The van der Waals surface area contributed by atoms with E-state index in [2.05, 4.69) is 10.3 Å². The van der Waals surface area contributed by atoms with Crippen molar-refractivity contribution in [3.8, 4) is 6.07 Å². The lowest BCUT2D eigenvalue weighted by atomic mass is 10.2. The standard InChI is InChI=1S/C9H12N4O2S/c1-7-2-3-8(6-10)9(13-7)12-4-5-16(11,14)15/h2-3H,4-5H2,1H3,(H,12,13)(H2,11,14,15). The highest BCUT2D eigenvalue weighted by Gasteiger charge is 2.06. The van der Waals surface area contributed by atoms with Crippen molar-refractivity contribution in [2.24, 2.45) is 5.14 Å². The zero-order valence-corrected chi connectivity index (χ0v) is 9.58. The van der Waals surface area contributed by atoms with Crippen molar-refractivity contribution in [3.05, 3.63) is 23.4 Å². The second-order valence-corrected chi connectivity index (χ2v) is 4.99. The molecule has 0 atom stereocenters. The largest absolute Gasteiger partial charge is 0.368 e. The fourth-order valence-corrected chi connectivity index (χ4v) is 1.48. The van der Waals surface area contributed by atoms with Gasteiger partial charge in [-0.15, -0.1) is 0 Å². The molecule has 0 amide bonds. The first-order valence-corrected chi connectivity index (χ1v) is 6.26. The molecule has 0 saturated carbocycles. The summed E-state index contributed by atoms with van der Waals surface area (Å²) < 4.78 is 21.4. The van der Waals surface area contributed by atoms with E-state index in [0.717, 1.165) is 5.69 Å². The number of hydrogen-bond donors (Lipinski definition) is 2. The molecule has 0 unspecified atom stereocenters. The van der Waals surface area contributed by atoms with E-state index in [4.69, 9.17) is 10.4 Å². The van der Waals surface area contributed by atoms with Crippen LogP contribution in [0, 0.1) is 18.3 Å². The van der Waals surface area contributed by atoms with Gasteiger partial charge in [0.05, 0.1) is 11.3 Å². The molecule has 1 aromatic rings. The van der Waals surface area contributed by atoms with Crippen molar-refractivity contribution in [1.29, 1.82) is 5.26 Å². The molecule has 0 saturated heterocycles. The predicted molar refractivity (Wildman–Crippen MR) is 60.2 cm³/mol. The van der Waals surface area contributed by atoms with Gasteiger partial charge in [-0.3, -0.25) is 0 Å². The van der Waals surface area contributed by atoms with Crippen LogP contribution in [0.1, 0.15) is 11.3 Å². The third-order valence-electron chi connectivity index (χ3n) is 1.83. The van der Waals surface area contributed by atoms with Crippen molar-refractivity contribution >= 4 is 15.8 Å². The predicted octanol–water partition coefficient (Wildman–Crippen LogP) is -0.0379. The molecule has 1 rings (SSSR count). The molecule has 86 valence electrons. The van der Waals surface area contributed by atoms with Gasteiger partial charge in [0.15, 0.2) is 0 Å². The smallest absolute Gasteiger partial charge is 0.210 e. The molecule has 7 heteroatoms. The van der Waals surface area contributed by atoms with E-state index in [9.17, 15) is 8.42 Å². The Labute approximate surface area is 94.2 Å². The topological polar surface area (TPSA) is 109 Å². The van der Waals surface area contributed by atoms with Crippen LogP contribution in [0.3, 0.4) is 0 Å². The van der Waals surface area contributed by atoms with Crippen molar-refractivity contribution in [1.82, 2.24) is 4.98 Å². The highest BCUT2D eigenvalue weighted by atomic mass is 32.2. The number of hydrogen-bond acceptors (Lipinski definition) is 5. The van der Waals surface area contributed by atoms with Gasteiger partial charge in [-0.05, 0) is 19.1 Å². The number of aryl methyl sites for hydroxylation is 1. The van der Waals surface area contributed by atoms with Gasteiger partial charge in [0.25, 0.3) is 0 Å². The van der Waals surface area contributed by atoms with Crippen molar-refractivity contribution < 1.29 is 8.42 Å². The van der Waals surface area contributed by atoms with E-state index in [0.29, 0.717) is 11.4 Å². The quantitative estimate of drug-likeness (QED) is 0.767. The summed E-state index contributed by atoms with van der Waals surface area (Å²) in [6.07, 6.45) is 0. The molecule has 3 N–H and O–H groups in total. The Hall–Kier alpha value is -1.65.